The van der Waals surface area contributed by atoms with E-state index in [9.17, 15) is 4.79 Å². The number of rotatable bonds is 7. The Morgan fingerprint density at radius 3 is 2.61 bits per heavy atom. The van der Waals surface area contributed by atoms with E-state index in [-0.39, 0.29) is 5.91 Å². The van der Waals surface area contributed by atoms with E-state index in [0.29, 0.717) is 19.1 Å². The van der Waals surface area contributed by atoms with Gasteiger partial charge < -0.3 is 9.64 Å². The van der Waals surface area contributed by atoms with Crippen LogP contribution in [0, 0.1) is 12.8 Å². The molecule has 0 atom stereocenters. The van der Waals surface area contributed by atoms with Gasteiger partial charge in [0.25, 0.3) is 5.91 Å². The number of thiazole rings is 1. The van der Waals surface area contributed by atoms with Crippen LogP contribution >= 0.6 is 11.3 Å². The zero-order valence-corrected chi connectivity index (χ0v) is 15.0. The first kappa shape index (κ1) is 17.6. The summed E-state index contributed by atoms with van der Waals surface area (Å²) in [5, 5.41) is 0.891. The van der Waals surface area contributed by atoms with Crippen LogP contribution in [0.2, 0.25) is 0 Å². The van der Waals surface area contributed by atoms with Crippen LogP contribution in [0.3, 0.4) is 0 Å². The highest BCUT2D eigenvalue weighted by Gasteiger charge is 2.22. The fraction of sp³-hybridized carbons (Fsp3) is 0.444. The Hall–Kier alpha value is -1.72. The van der Waals surface area contributed by atoms with Crippen molar-refractivity contribution >= 4 is 17.2 Å². The van der Waals surface area contributed by atoms with Gasteiger partial charge in [-0.05, 0) is 12.8 Å². The Morgan fingerprint density at radius 2 is 2.00 bits per heavy atom. The van der Waals surface area contributed by atoms with Crippen molar-refractivity contribution in [2.45, 2.75) is 20.8 Å². The third-order valence-corrected chi connectivity index (χ3v) is 4.64. The van der Waals surface area contributed by atoms with Crippen LogP contribution in [0.4, 0.5) is 0 Å². The fourth-order valence-corrected chi connectivity index (χ4v) is 3.40. The largest absolute Gasteiger partial charge is 0.383 e. The average Bonchev–Trinajstić information content (AvgIpc) is 2.93. The molecule has 0 aliphatic carbocycles. The molecule has 0 saturated heterocycles. The highest BCUT2D eigenvalue weighted by Crippen LogP contribution is 2.28. The molecule has 0 spiro atoms. The summed E-state index contributed by atoms with van der Waals surface area (Å²) in [6.07, 6.45) is 0. The molecule has 2 aromatic rings. The van der Waals surface area contributed by atoms with E-state index >= 15 is 0 Å². The van der Waals surface area contributed by atoms with Crippen molar-refractivity contribution in [3.05, 3.63) is 40.9 Å². The number of ether oxygens (including phenoxy) is 1. The summed E-state index contributed by atoms with van der Waals surface area (Å²) in [6.45, 7) is 8.00. The smallest absolute Gasteiger partial charge is 0.265 e. The Bertz CT molecular complexity index is 638. The normalized spacial score (nSPS) is 11.0. The lowest BCUT2D eigenvalue weighted by molar-refractivity contribution is 0.0676. The number of aryl methyl sites for hydroxylation is 1. The number of carbonyl (C=O) groups is 1. The van der Waals surface area contributed by atoms with Crippen molar-refractivity contribution in [2.75, 3.05) is 26.8 Å². The number of amides is 1. The third-order valence-electron chi connectivity index (χ3n) is 3.45. The van der Waals surface area contributed by atoms with Gasteiger partial charge in [-0.2, -0.15) is 0 Å². The maximum atomic E-state index is 12.9. The Labute approximate surface area is 142 Å². The fourth-order valence-electron chi connectivity index (χ4n) is 2.36. The van der Waals surface area contributed by atoms with Crippen LogP contribution in [-0.4, -0.2) is 42.6 Å². The second-order valence-corrected chi connectivity index (χ2v) is 6.94. The molecule has 1 aromatic heterocycles. The number of hydrogen-bond acceptors (Lipinski definition) is 4. The van der Waals surface area contributed by atoms with Gasteiger partial charge in [0.1, 0.15) is 9.88 Å². The van der Waals surface area contributed by atoms with E-state index in [1.54, 1.807) is 7.11 Å². The second kappa shape index (κ2) is 8.22. The summed E-state index contributed by atoms with van der Waals surface area (Å²) in [4.78, 5) is 20.1. The molecule has 4 nitrogen and oxygen atoms in total. The average molecular weight is 332 g/mol. The SMILES string of the molecule is COCCN(CC(C)C)C(=O)c1sc(-c2ccccc2)nc1C. The molecule has 2 rings (SSSR count). The van der Waals surface area contributed by atoms with Crippen LogP contribution in [0.15, 0.2) is 30.3 Å². The van der Waals surface area contributed by atoms with Crippen molar-refractivity contribution < 1.29 is 9.53 Å². The van der Waals surface area contributed by atoms with Gasteiger partial charge in [-0.25, -0.2) is 4.98 Å². The minimum atomic E-state index is 0.0490. The first-order valence-electron chi connectivity index (χ1n) is 7.84. The zero-order valence-electron chi connectivity index (χ0n) is 14.2. The number of carbonyl (C=O) groups excluding carboxylic acids is 1. The number of nitrogens with zero attached hydrogens (tertiary/aromatic N) is 2. The van der Waals surface area contributed by atoms with E-state index in [1.807, 2.05) is 42.2 Å². The van der Waals surface area contributed by atoms with Crippen LogP contribution in [0.1, 0.15) is 29.2 Å². The van der Waals surface area contributed by atoms with Gasteiger partial charge in [-0.15, -0.1) is 11.3 Å². The van der Waals surface area contributed by atoms with Gasteiger partial charge >= 0.3 is 0 Å². The molecule has 0 radical (unpaired) electrons. The number of benzene rings is 1. The van der Waals surface area contributed by atoms with Crippen LogP contribution < -0.4 is 0 Å². The highest BCUT2D eigenvalue weighted by molar-refractivity contribution is 7.17. The summed E-state index contributed by atoms with van der Waals surface area (Å²) in [5.41, 5.74) is 1.84. The molecule has 0 saturated carbocycles. The van der Waals surface area contributed by atoms with Crippen molar-refractivity contribution in [3.63, 3.8) is 0 Å². The highest BCUT2D eigenvalue weighted by atomic mass is 32.1. The predicted octanol–water partition coefficient (Wildman–Crippen LogP) is 3.86. The number of aromatic nitrogens is 1. The third kappa shape index (κ3) is 4.62. The molecule has 23 heavy (non-hydrogen) atoms. The quantitative estimate of drug-likeness (QED) is 0.773. The molecule has 0 unspecified atom stereocenters. The first-order valence-corrected chi connectivity index (χ1v) is 8.65. The van der Waals surface area contributed by atoms with E-state index < -0.39 is 0 Å². The van der Waals surface area contributed by atoms with Crippen LogP contribution in [-0.2, 0) is 4.74 Å². The van der Waals surface area contributed by atoms with Gasteiger partial charge in [0.05, 0.1) is 12.3 Å². The van der Waals surface area contributed by atoms with Crippen molar-refractivity contribution in [1.29, 1.82) is 0 Å². The van der Waals surface area contributed by atoms with Gasteiger partial charge in [-0.1, -0.05) is 44.2 Å². The summed E-state index contributed by atoms with van der Waals surface area (Å²) >= 11 is 1.47. The number of methoxy groups -OCH3 is 1. The lowest BCUT2D eigenvalue weighted by Gasteiger charge is -2.23. The maximum Gasteiger partial charge on any atom is 0.265 e. The van der Waals surface area contributed by atoms with Crippen LogP contribution in [0.5, 0.6) is 0 Å². The minimum Gasteiger partial charge on any atom is -0.383 e. The summed E-state index contributed by atoms with van der Waals surface area (Å²) in [7, 11) is 1.66. The molecule has 0 fully saturated rings. The molecule has 1 aromatic carbocycles. The molecule has 0 N–H and O–H groups in total. The van der Waals surface area contributed by atoms with E-state index in [2.05, 4.69) is 18.8 Å². The Morgan fingerprint density at radius 1 is 1.30 bits per heavy atom. The van der Waals surface area contributed by atoms with Crippen molar-refractivity contribution in [2.24, 2.45) is 5.92 Å². The molecular formula is C18H24N2O2S. The second-order valence-electron chi connectivity index (χ2n) is 5.94. The minimum absolute atomic E-state index is 0.0490. The Balaban J connectivity index is 2.25. The monoisotopic (exact) mass is 332 g/mol. The van der Waals surface area contributed by atoms with E-state index in [0.717, 1.165) is 27.7 Å². The van der Waals surface area contributed by atoms with Gasteiger partial charge in [0.15, 0.2) is 0 Å². The first-order chi connectivity index (χ1) is 11.0. The molecule has 0 bridgehead atoms. The zero-order chi connectivity index (χ0) is 16.8. The predicted molar refractivity (Wildman–Crippen MR) is 94.9 cm³/mol. The molecular weight excluding hydrogens is 308 g/mol. The lowest BCUT2D eigenvalue weighted by atomic mass is 10.2. The lowest BCUT2D eigenvalue weighted by Crippen LogP contribution is -2.36. The van der Waals surface area contributed by atoms with E-state index in [4.69, 9.17) is 4.74 Å². The van der Waals surface area contributed by atoms with Crippen molar-refractivity contribution in [1.82, 2.24) is 9.88 Å². The standard InChI is InChI=1S/C18H24N2O2S/c1-13(2)12-20(10-11-22-4)18(21)16-14(3)19-17(23-16)15-8-6-5-7-9-15/h5-9,13H,10-12H2,1-4H3. The van der Waals surface area contributed by atoms with Gasteiger partial charge in [0, 0.05) is 25.8 Å². The molecule has 0 aliphatic rings. The van der Waals surface area contributed by atoms with Crippen LogP contribution in [0.25, 0.3) is 10.6 Å². The van der Waals surface area contributed by atoms with E-state index in [1.165, 1.54) is 11.3 Å². The maximum absolute atomic E-state index is 12.9. The number of hydrogen-bond donors (Lipinski definition) is 0. The van der Waals surface area contributed by atoms with Gasteiger partial charge in [0.2, 0.25) is 0 Å². The molecule has 5 heteroatoms. The molecule has 0 aliphatic heterocycles. The summed E-state index contributed by atoms with van der Waals surface area (Å²) in [6, 6.07) is 9.98. The van der Waals surface area contributed by atoms with Crippen molar-refractivity contribution in [3.8, 4) is 10.6 Å². The van der Waals surface area contributed by atoms with Gasteiger partial charge in [-0.3, -0.25) is 4.79 Å². The molecule has 124 valence electrons. The molecule has 1 heterocycles. The Kier molecular flexibility index (Phi) is 6.30. The summed E-state index contributed by atoms with van der Waals surface area (Å²) in [5.74, 6) is 0.463. The summed E-state index contributed by atoms with van der Waals surface area (Å²) < 4.78 is 5.14. The molecule has 1 amide bonds. The topological polar surface area (TPSA) is 42.4 Å².